The summed E-state index contributed by atoms with van der Waals surface area (Å²) in [6, 6.07) is 71.3. The number of halogens is 1. The van der Waals surface area contributed by atoms with Crippen molar-refractivity contribution >= 4 is 43.8 Å². The third-order valence-corrected chi connectivity index (χ3v) is 13.9. The number of nitrogens with zero attached hydrogens (tertiary/aromatic N) is 1. The van der Waals surface area contributed by atoms with Crippen molar-refractivity contribution in [1.82, 2.24) is 0 Å². The Labute approximate surface area is 353 Å². The number of ether oxygens (including phenoxy) is 1. The third kappa shape index (κ3) is 4.80. The minimum atomic E-state index is -0.521. The molecule has 1 heterocycles. The lowest BCUT2D eigenvalue weighted by molar-refractivity contribution is 0.436. The van der Waals surface area contributed by atoms with Crippen LogP contribution >= 0.6 is 15.9 Å². The Hall–Kier alpha value is -6.68. The Balaban J connectivity index is 1.08. The molecule has 1 spiro atoms. The van der Waals surface area contributed by atoms with Crippen molar-refractivity contribution in [3.05, 3.63) is 232 Å². The lowest BCUT2D eigenvalue weighted by atomic mass is 9.66. The van der Waals surface area contributed by atoms with E-state index in [1.807, 2.05) is 0 Å². The summed E-state index contributed by atoms with van der Waals surface area (Å²) in [4.78, 5) is 2.48. The molecule has 0 unspecified atom stereocenters. The Morgan fingerprint density at radius 3 is 1.76 bits per heavy atom. The molecule has 9 aromatic rings. The summed E-state index contributed by atoms with van der Waals surface area (Å²) >= 11 is 3.88. The highest BCUT2D eigenvalue weighted by molar-refractivity contribution is 9.10. The zero-order valence-electron chi connectivity index (χ0n) is 32.7. The number of para-hydroxylation sites is 2. The van der Waals surface area contributed by atoms with Gasteiger partial charge in [0.2, 0.25) is 0 Å². The zero-order valence-corrected chi connectivity index (χ0v) is 34.3. The summed E-state index contributed by atoms with van der Waals surface area (Å²) in [6.07, 6.45) is 0. The predicted molar refractivity (Wildman–Crippen MR) is 247 cm³/mol. The van der Waals surface area contributed by atoms with Gasteiger partial charge >= 0.3 is 0 Å². The minimum absolute atomic E-state index is 0.202. The Morgan fingerprint density at radius 1 is 0.407 bits per heavy atom. The second-order valence-corrected chi connectivity index (χ2v) is 17.4. The highest BCUT2D eigenvalue weighted by Crippen LogP contribution is 2.63. The Bertz CT molecular complexity index is 3150. The number of benzene rings is 9. The van der Waals surface area contributed by atoms with Crippen molar-refractivity contribution in [2.24, 2.45) is 0 Å². The molecule has 12 rings (SSSR count). The van der Waals surface area contributed by atoms with Crippen molar-refractivity contribution < 1.29 is 4.74 Å². The first-order valence-electron chi connectivity index (χ1n) is 20.4. The fourth-order valence-electron chi connectivity index (χ4n) is 10.5. The second kappa shape index (κ2) is 12.7. The molecule has 2 aliphatic carbocycles. The molecule has 0 fully saturated rings. The monoisotopic (exact) mass is 819 g/mol. The molecular formula is C56H38BrNO. The molecule has 0 radical (unpaired) electrons. The van der Waals surface area contributed by atoms with Gasteiger partial charge in [0.25, 0.3) is 0 Å². The molecule has 1 aliphatic heterocycles. The van der Waals surface area contributed by atoms with Gasteiger partial charge in [-0.1, -0.05) is 169 Å². The summed E-state index contributed by atoms with van der Waals surface area (Å²) in [5, 5.41) is 2.36. The van der Waals surface area contributed by atoms with Crippen LogP contribution in [0.1, 0.15) is 47.2 Å². The van der Waals surface area contributed by atoms with E-state index in [1.54, 1.807) is 0 Å². The highest BCUT2D eigenvalue weighted by atomic mass is 79.9. The smallest absolute Gasteiger partial charge is 0.132 e. The molecule has 0 aromatic heterocycles. The standard InChI is InChI=1S/C56H38BrNO/c1-55(2)49-32-36(35-14-4-3-5-15-35)26-29-40(49)41-30-27-38(34-50(41)55)58(52-23-13-17-42-43(52)18-12-22-51(42)57)37-28-31-46-44(33-37)39-16-6-7-19-45(39)56(46)47-20-8-10-24-53(47)59-54-25-11-9-21-48(54)56/h3-34H,1-2H3. The molecule has 0 atom stereocenters. The quantitative estimate of drug-likeness (QED) is 0.175. The summed E-state index contributed by atoms with van der Waals surface area (Å²) in [5.41, 5.74) is 17.8. The van der Waals surface area contributed by atoms with Crippen LogP contribution < -0.4 is 9.64 Å². The van der Waals surface area contributed by atoms with E-state index >= 15 is 0 Å². The van der Waals surface area contributed by atoms with Crippen molar-refractivity contribution in [2.75, 3.05) is 4.90 Å². The SMILES string of the molecule is CC1(C)c2cc(-c3ccccc3)ccc2-c2ccc(N(c3ccc4c(c3)-c3ccccc3C43c4ccccc4Oc4ccccc43)c3cccc4c(Br)cccc34)cc21. The van der Waals surface area contributed by atoms with Crippen molar-refractivity contribution in [3.63, 3.8) is 0 Å². The van der Waals surface area contributed by atoms with Gasteiger partial charge in [0.15, 0.2) is 0 Å². The number of hydrogen-bond acceptors (Lipinski definition) is 2. The van der Waals surface area contributed by atoms with Crippen molar-refractivity contribution in [2.45, 2.75) is 24.7 Å². The fourth-order valence-corrected chi connectivity index (χ4v) is 11.0. The van der Waals surface area contributed by atoms with E-state index in [-0.39, 0.29) is 5.41 Å². The van der Waals surface area contributed by atoms with Crippen molar-refractivity contribution in [3.8, 4) is 44.9 Å². The Kier molecular flexibility index (Phi) is 7.37. The molecule has 0 saturated heterocycles. The molecule has 0 saturated carbocycles. The maximum absolute atomic E-state index is 6.62. The van der Waals surface area contributed by atoms with Crippen LogP contribution in [0.3, 0.4) is 0 Å². The zero-order chi connectivity index (χ0) is 39.5. The van der Waals surface area contributed by atoms with E-state index in [0.29, 0.717) is 0 Å². The van der Waals surface area contributed by atoms with Gasteiger partial charge < -0.3 is 9.64 Å². The third-order valence-electron chi connectivity index (χ3n) is 13.2. The van der Waals surface area contributed by atoms with Gasteiger partial charge in [-0.05, 0) is 116 Å². The van der Waals surface area contributed by atoms with Crippen LogP contribution in [-0.2, 0) is 10.8 Å². The Morgan fingerprint density at radius 2 is 0.983 bits per heavy atom. The lowest BCUT2D eigenvalue weighted by Gasteiger charge is -2.39. The lowest BCUT2D eigenvalue weighted by Crippen LogP contribution is -2.32. The molecule has 3 aliphatic rings. The van der Waals surface area contributed by atoms with Crippen LogP contribution in [0.15, 0.2) is 199 Å². The summed E-state index contributed by atoms with van der Waals surface area (Å²) in [5.74, 6) is 1.80. The van der Waals surface area contributed by atoms with Crippen LogP contribution in [0, 0.1) is 0 Å². The molecule has 59 heavy (non-hydrogen) atoms. The summed E-state index contributed by atoms with van der Waals surface area (Å²) in [6.45, 7) is 4.76. The van der Waals surface area contributed by atoms with Crippen LogP contribution in [-0.4, -0.2) is 0 Å². The van der Waals surface area contributed by atoms with E-state index < -0.39 is 5.41 Å². The van der Waals surface area contributed by atoms with Crippen LogP contribution in [0.5, 0.6) is 11.5 Å². The number of anilines is 3. The average molecular weight is 821 g/mol. The van der Waals surface area contributed by atoms with Crippen LogP contribution in [0.4, 0.5) is 17.1 Å². The maximum atomic E-state index is 6.62. The van der Waals surface area contributed by atoms with Gasteiger partial charge in [0.05, 0.1) is 11.1 Å². The first-order valence-corrected chi connectivity index (χ1v) is 21.2. The van der Waals surface area contributed by atoms with Gasteiger partial charge in [-0.15, -0.1) is 0 Å². The van der Waals surface area contributed by atoms with Crippen LogP contribution in [0.25, 0.3) is 44.2 Å². The number of fused-ring (bicyclic) bond motifs is 13. The molecule has 280 valence electrons. The summed E-state index contributed by atoms with van der Waals surface area (Å²) < 4.78 is 7.70. The van der Waals surface area contributed by atoms with E-state index in [2.05, 4.69) is 229 Å². The molecule has 9 aromatic carbocycles. The molecule has 0 bridgehead atoms. The number of hydrogen-bond donors (Lipinski definition) is 0. The highest BCUT2D eigenvalue weighted by Gasteiger charge is 2.51. The van der Waals surface area contributed by atoms with Gasteiger partial charge in [-0.25, -0.2) is 0 Å². The minimum Gasteiger partial charge on any atom is -0.457 e. The normalized spacial score (nSPS) is 14.4. The first-order chi connectivity index (χ1) is 28.9. The molecule has 2 nitrogen and oxygen atoms in total. The molecule has 3 heteroatoms. The second-order valence-electron chi connectivity index (χ2n) is 16.5. The average Bonchev–Trinajstić information content (AvgIpc) is 3.69. The van der Waals surface area contributed by atoms with E-state index in [9.17, 15) is 0 Å². The predicted octanol–water partition coefficient (Wildman–Crippen LogP) is 15.5. The van der Waals surface area contributed by atoms with E-state index in [4.69, 9.17) is 4.74 Å². The van der Waals surface area contributed by atoms with Crippen molar-refractivity contribution in [1.29, 1.82) is 0 Å². The molecule has 0 N–H and O–H groups in total. The van der Waals surface area contributed by atoms with E-state index in [0.717, 1.165) is 33.0 Å². The topological polar surface area (TPSA) is 12.5 Å². The van der Waals surface area contributed by atoms with Gasteiger partial charge in [-0.3, -0.25) is 0 Å². The number of rotatable bonds is 4. The van der Waals surface area contributed by atoms with Gasteiger partial charge in [0.1, 0.15) is 11.5 Å². The molecular weight excluding hydrogens is 783 g/mol. The molecule has 0 amide bonds. The summed E-state index contributed by atoms with van der Waals surface area (Å²) in [7, 11) is 0. The van der Waals surface area contributed by atoms with Gasteiger partial charge in [-0.2, -0.15) is 0 Å². The largest absolute Gasteiger partial charge is 0.457 e. The van der Waals surface area contributed by atoms with E-state index in [1.165, 1.54) is 77.5 Å². The van der Waals surface area contributed by atoms with Gasteiger partial charge in [0, 0.05) is 37.8 Å². The fraction of sp³-hybridized carbons (Fsp3) is 0.0714. The maximum Gasteiger partial charge on any atom is 0.132 e. The van der Waals surface area contributed by atoms with Crippen LogP contribution in [0.2, 0.25) is 0 Å². The first kappa shape index (κ1) is 34.4.